The van der Waals surface area contributed by atoms with E-state index in [9.17, 15) is 25.0 Å². The number of pyridine rings is 1. The minimum atomic E-state index is -0.569. The molecule has 0 unspecified atom stereocenters. The van der Waals surface area contributed by atoms with E-state index in [0.29, 0.717) is 0 Å². The van der Waals surface area contributed by atoms with Gasteiger partial charge in [-0.15, -0.1) is 0 Å². The summed E-state index contributed by atoms with van der Waals surface area (Å²) in [5.74, 6) is -0.366. The lowest BCUT2D eigenvalue weighted by Gasteiger charge is -1.96. The number of thiophene rings is 1. The van der Waals surface area contributed by atoms with Crippen molar-refractivity contribution in [1.29, 1.82) is 0 Å². The van der Waals surface area contributed by atoms with Gasteiger partial charge in [-0.3, -0.25) is 30.0 Å². The topological polar surface area (TPSA) is 141 Å². The molecule has 0 fully saturated rings. The van der Waals surface area contributed by atoms with Gasteiger partial charge in [0.05, 0.1) is 14.7 Å². The lowest BCUT2D eigenvalue weighted by Crippen LogP contribution is -2.18. The van der Waals surface area contributed by atoms with E-state index in [1.807, 2.05) is 0 Å². The van der Waals surface area contributed by atoms with Gasteiger partial charge in [-0.1, -0.05) is 11.3 Å². The fourth-order valence-electron chi connectivity index (χ4n) is 1.39. The predicted octanol–water partition coefficient (Wildman–Crippen LogP) is 2.05. The second-order valence-corrected chi connectivity index (χ2v) is 5.15. The van der Waals surface area contributed by atoms with Crippen LogP contribution in [0.15, 0.2) is 35.5 Å². The third kappa shape index (κ3) is 5.53. The van der Waals surface area contributed by atoms with E-state index >= 15 is 0 Å². The third-order valence-corrected chi connectivity index (χ3v) is 3.44. The largest absolute Gasteiger partial charge is 0.354 e. The van der Waals surface area contributed by atoms with Crippen LogP contribution in [0.25, 0.3) is 0 Å². The molecule has 0 atom stereocenters. The van der Waals surface area contributed by atoms with Gasteiger partial charge in [-0.05, 0) is 12.1 Å². The van der Waals surface area contributed by atoms with Gasteiger partial charge in [-0.25, -0.2) is 4.98 Å². The molecule has 0 saturated heterocycles. The molecule has 2 aromatic rings. The Balaban J connectivity index is 0.000000243. The normalized spacial score (nSPS) is 9.92. The van der Waals surface area contributed by atoms with Gasteiger partial charge in [0.15, 0.2) is 0 Å². The van der Waals surface area contributed by atoms with Crippen LogP contribution in [0.2, 0.25) is 0 Å². The molecule has 24 heavy (non-hydrogen) atoms. The van der Waals surface area contributed by atoms with E-state index in [4.69, 9.17) is 0 Å². The summed E-state index contributed by atoms with van der Waals surface area (Å²) in [5, 5.41) is 22.9. The fraction of sp³-hybridized carbons (Fsp3) is 0.154. The van der Waals surface area contributed by atoms with Crippen molar-refractivity contribution >= 4 is 34.1 Å². The van der Waals surface area contributed by atoms with E-state index < -0.39 is 9.85 Å². The number of aliphatic imine (C=N–C) groups is 1. The Morgan fingerprint density at radius 2 is 1.96 bits per heavy atom. The van der Waals surface area contributed by atoms with E-state index in [-0.39, 0.29) is 22.3 Å². The summed E-state index contributed by atoms with van der Waals surface area (Å²) >= 11 is 1.12. The van der Waals surface area contributed by atoms with Crippen LogP contribution in [0.1, 0.15) is 15.4 Å². The van der Waals surface area contributed by atoms with Crippen LogP contribution in [0.4, 0.5) is 10.7 Å². The Hall–Kier alpha value is -3.21. The molecule has 0 spiro atoms. The van der Waals surface area contributed by atoms with Gasteiger partial charge in [0.1, 0.15) is 11.9 Å². The van der Waals surface area contributed by atoms with E-state index in [0.717, 1.165) is 22.4 Å². The Morgan fingerprint density at radius 3 is 2.38 bits per heavy atom. The molecule has 2 heterocycles. The molecule has 1 amide bonds. The molecule has 126 valence electrons. The zero-order chi connectivity index (χ0) is 18.1. The van der Waals surface area contributed by atoms with Crippen LogP contribution >= 0.6 is 11.3 Å². The minimum absolute atomic E-state index is 0.132. The summed E-state index contributed by atoms with van der Waals surface area (Å²) in [6.45, 7) is 0. The van der Waals surface area contributed by atoms with Crippen molar-refractivity contribution in [3.63, 3.8) is 0 Å². The SMILES string of the molecule is CN=Cc1ccc([N+](=O)[O-])s1.CNC(=O)c1ccc([N+](=O)[O-])cn1. The summed E-state index contributed by atoms with van der Waals surface area (Å²) in [7, 11) is 3.09. The maximum Gasteiger partial charge on any atom is 0.324 e. The molecule has 0 saturated carbocycles. The standard InChI is InChI=1S/C7H7N3O3.C6H6N2O2S/c1-8-7(11)6-3-2-5(4-9-6)10(12)13;1-7-4-5-2-3-6(11-5)8(9)10/h2-4H,1H3,(H,8,11);2-4H,1H3. The Bertz CT molecular complexity index is 756. The number of nitrogens with one attached hydrogen (secondary N) is 1. The van der Waals surface area contributed by atoms with E-state index in [2.05, 4.69) is 15.3 Å². The summed E-state index contributed by atoms with van der Waals surface area (Å²) in [6, 6.07) is 5.69. The first-order valence-electron chi connectivity index (χ1n) is 6.38. The molecular weight excluding hydrogens is 338 g/mol. The highest BCUT2D eigenvalue weighted by atomic mass is 32.1. The second kappa shape index (κ2) is 9.05. The lowest BCUT2D eigenvalue weighted by molar-refractivity contribution is -0.385. The third-order valence-electron chi connectivity index (χ3n) is 2.47. The number of rotatable bonds is 4. The average molecular weight is 351 g/mol. The number of carbonyl (C=O) groups is 1. The summed E-state index contributed by atoms with van der Waals surface area (Å²) in [6.07, 6.45) is 2.64. The van der Waals surface area contributed by atoms with Gasteiger partial charge in [0.2, 0.25) is 0 Å². The number of hydrogen-bond acceptors (Lipinski definition) is 8. The van der Waals surface area contributed by atoms with Crippen LogP contribution in [-0.2, 0) is 0 Å². The van der Waals surface area contributed by atoms with Crippen molar-refractivity contribution in [3.8, 4) is 0 Å². The van der Waals surface area contributed by atoms with Crippen molar-refractivity contribution in [2.75, 3.05) is 14.1 Å². The molecule has 0 aromatic carbocycles. The predicted molar refractivity (Wildman–Crippen MR) is 88.8 cm³/mol. The van der Waals surface area contributed by atoms with Crippen LogP contribution in [0.5, 0.6) is 0 Å². The van der Waals surface area contributed by atoms with Gasteiger partial charge in [-0.2, -0.15) is 0 Å². The van der Waals surface area contributed by atoms with Crippen molar-refractivity contribution < 1.29 is 14.6 Å². The lowest BCUT2D eigenvalue weighted by atomic mass is 10.3. The molecule has 0 bridgehead atoms. The van der Waals surface area contributed by atoms with Crippen LogP contribution in [0.3, 0.4) is 0 Å². The number of nitrogens with zero attached hydrogens (tertiary/aromatic N) is 4. The summed E-state index contributed by atoms with van der Waals surface area (Å²) in [5.41, 5.74) is 0.0285. The fourth-order valence-corrected chi connectivity index (χ4v) is 2.14. The smallest absolute Gasteiger partial charge is 0.324 e. The van der Waals surface area contributed by atoms with Crippen molar-refractivity contribution in [2.24, 2.45) is 4.99 Å². The van der Waals surface area contributed by atoms with Gasteiger partial charge in [0, 0.05) is 32.4 Å². The maximum atomic E-state index is 11.0. The Kier molecular flexibility index (Phi) is 7.10. The highest BCUT2D eigenvalue weighted by molar-refractivity contribution is 7.16. The number of aromatic nitrogens is 1. The second-order valence-electron chi connectivity index (χ2n) is 4.06. The molecule has 2 aromatic heterocycles. The summed E-state index contributed by atoms with van der Waals surface area (Å²) in [4.78, 5) is 38.5. The van der Waals surface area contributed by atoms with E-state index in [1.165, 1.54) is 25.2 Å². The quantitative estimate of drug-likeness (QED) is 0.508. The molecule has 2 rings (SSSR count). The number of carbonyl (C=O) groups excluding carboxylic acids is 1. The average Bonchev–Trinajstić information content (AvgIpc) is 3.04. The van der Waals surface area contributed by atoms with Crippen LogP contribution in [0, 0.1) is 20.2 Å². The summed E-state index contributed by atoms with van der Waals surface area (Å²) < 4.78 is 0. The molecule has 1 N–H and O–H groups in total. The highest BCUT2D eigenvalue weighted by Gasteiger charge is 2.09. The Labute approximate surface area is 140 Å². The highest BCUT2D eigenvalue weighted by Crippen LogP contribution is 2.22. The molecule has 0 aliphatic heterocycles. The number of amides is 1. The van der Waals surface area contributed by atoms with Crippen LogP contribution < -0.4 is 5.32 Å². The zero-order valence-electron chi connectivity index (χ0n) is 12.7. The van der Waals surface area contributed by atoms with E-state index in [1.54, 1.807) is 19.3 Å². The van der Waals surface area contributed by atoms with Crippen molar-refractivity contribution in [3.05, 3.63) is 61.3 Å². The first-order chi connectivity index (χ1) is 11.4. The first kappa shape index (κ1) is 18.8. The molecule has 0 aliphatic carbocycles. The molecular formula is C13H13N5O5S. The van der Waals surface area contributed by atoms with Crippen molar-refractivity contribution in [2.45, 2.75) is 0 Å². The molecule has 10 nitrogen and oxygen atoms in total. The van der Waals surface area contributed by atoms with Gasteiger partial charge >= 0.3 is 5.00 Å². The number of nitro groups is 2. The zero-order valence-corrected chi connectivity index (χ0v) is 13.5. The number of hydrogen-bond donors (Lipinski definition) is 1. The monoisotopic (exact) mass is 351 g/mol. The first-order valence-corrected chi connectivity index (χ1v) is 7.19. The molecule has 11 heteroatoms. The van der Waals surface area contributed by atoms with Gasteiger partial charge in [0.25, 0.3) is 11.6 Å². The molecule has 0 aliphatic rings. The minimum Gasteiger partial charge on any atom is -0.354 e. The molecule has 0 radical (unpaired) electrons. The van der Waals surface area contributed by atoms with Crippen molar-refractivity contribution in [1.82, 2.24) is 10.3 Å². The maximum absolute atomic E-state index is 11.0. The van der Waals surface area contributed by atoms with Crippen LogP contribution in [-0.4, -0.2) is 41.0 Å². The Morgan fingerprint density at radius 1 is 1.25 bits per heavy atom. The van der Waals surface area contributed by atoms with Gasteiger partial charge < -0.3 is 5.32 Å².